The maximum Gasteiger partial charge on any atom is 0.255 e. The number of carbonyl (C=O) groups excluding carboxylic acids is 1. The number of aromatic hydroxyl groups is 1. The molecule has 2 N–H and O–H groups in total. The minimum Gasteiger partial charge on any atom is -0.507 e. The molecule has 98 valence electrons. The number of phenols is 1. The molecule has 0 unspecified atom stereocenters. The van der Waals surface area contributed by atoms with E-state index in [1.54, 1.807) is 12.1 Å². The Morgan fingerprint density at radius 1 is 1.11 bits per heavy atom. The number of benzene rings is 2. The Labute approximate surface area is 140 Å². The van der Waals surface area contributed by atoms with Gasteiger partial charge < -0.3 is 10.4 Å². The molecule has 0 heterocycles. The molecule has 0 spiro atoms. The van der Waals surface area contributed by atoms with Crippen molar-refractivity contribution in [2.45, 2.75) is 0 Å². The van der Waals surface area contributed by atoms with Gasteiger partial charge in [0.2, 0.25) is 0 Å². The van der Waals surface area contributed by atoms with Gasteiger partial charge in [-0.15, -0.1) is 0 Å². The first-order valence-corrected chi connectivity index (χ1v) is 7.89. The number of nitrogens with one attached hydrogen (secondary N) is 1. The van der Waals surface area contributed by atoms with Gasteiger partial charge >= 0.3 is 0 Å². The predicted octanol–water partition coefficient (Wildman–Crippen LogP) is 4.77. The van der Waals surface area contributed by atoms with Gasteiger partial charge in [-0.25, -0.2) is 0 Å². The lowest BCUT2D eigenvalue weighted by Gasteiger charge is -2.08. The van der Waals surface area contributed by atoms with Gasteiger partial charge in [-0.2, -0.15) is 0 Å². The lowest BCUT2D eigenvalue weighted by Crippen LogP contribution is -2.12. The lowest BCUT2D eigenvalue weighted by molar-refractivity contribution is 0.102. The molecule has 0 fully saturated rings. The first-order chi connectivity index (χ1) is 8.97. The summed E-state index contributed by atoms with van der Waals surface area (Å²) in [7, 11) is 0. The van der Waals surface area contributed by atoms with Crippen LogP contribution in [0.25, 0.3) is 0 Å². The van der Waals surface area contributed by atoms with Gasteiger partial charge in [-0.05, 0) is 90.8 Å². The van der Waals surface area contributed by atoms with Crippen LogP contribution in [0.1, 0.15) is 10.4 Å². The van der Waals surface area contributed by atoms with Crippen LogP contribution in [0.3, 0.4) is 0 Å². The summed E-state index contributed by atoms with van der Waals surface area (Å²) < 4.78 is 2.39. The number of hydrogen-bond donors (Lipinski definition) is 2. The minimum atomic E-state index is -0.273. The molecule has 6 heteroatoms. The van der Waals surface area contributed by atoms with E-state index in [1.807, 2.05) is 18.2 Å². The van der Waals surface area contributed by atoms with Gasteiger partial charge in [0.25, 0.3) is 5.91 Å². The van der Waals surface area contributed by atoms with E-state index >= 15 is 0 Å². The van der Waals surface area contributed by atoms with Crippen LogP contribution in [0.15, 0.2) is 45.3 Å². The fraction of sp³-hybridized carbons (Fsp3) is 0. The van der Waals surface area contributed by atoms with E-state index in [1.165, 1.54) is 6.07 Å². The third kappa shape index (κ3) is 3.70. The lowest BCUT2D eigenvalue weighted by atomic mass is 10.2. The summed E-state index contributed by atoms with van der Waals surface area (Å²) in [5, 5.41) is 12.4. The van der Waals surface area contributed by atoms with Gasteiger partial charge in [-0.3, -0.25) is 4.79 Å². The van der Waals surface area contributed by atoms with E-state index in [0.29, 0.717) is 15.7 Å². The van der Waals surface area contributed by atoms with Crippen molar-refractivity contribution < 1.29 is 9.90 Å². The van der Waals surface area contributed by atoms with Crippen molar-refractivity contribution in [3.63, 3.8) is 0 Å². The molecule has 3 nitrogen and oxygen atoms in total. The molecule has 0 saturated carbocycles. The summed E-state index contributed by atoms with van der Waals surface area (Å²) in [5.41, 5.74) is 1.09. The van der Waals surface area contributed by atoms with Gasteiger partial charge in [0.1, 0.15) is 5.75 Å². The molecular weight excluding hydrogens is 489 g/mol. The Balaban J connectivity index is 2.25. The maximum atomic E-state index is 12.1. The van der Waals surface area contributed by atoms with Crippen molar-refractivity contribution >= 4 is 66.0 Å². The zero-order valence-corrected chi connectivity index (χ0v) is 14.8. The molecule has 0 aromatic heterocycles. The first kappa shape index (κ1) is 14.8. The molecule has 1 amide bonds. The van der Waals surface area contributed by atoms with Crippen molar-refractivity contribution in [2.24, 2.45) is 0 Å². The van der Waals surface area contributed by atoms with E-state index in [9.17, 15) is 9.90 Å². The second-order valence-corrected chi connectivity index (χ2v) is 6.70. The van der Waals surface area contributed by atoms with E-state index in [4.69, 9.17) is 0 Å². The minimum absolute atomic E-state index is 0.0364. The SMILES string of the molecule is O=C(Nc1cc(I)ccc1Br)c1ccc(Br)c(O)c1. The monoisotopic (exact) mass is 495 g/mol. The predicted molar refractivity (Wildman–Crippen MR) is 90.6 cm³/mol. The van der Waals surface area contributed by atoms with Crippen LogP contribution in [-0.4, -0.2) is 11.0 Å². The van der Waals surface area contributed by atoms with Crippen molar-refractivity contribution in [1.82, 2.24) is 0 Å². The third-order valence-corrected chi connectivity index (χ3v) is 4.42. The molecule has 0 radical (unpaired) electrons. The molecule has 0 bridgehead atoms. The highest BCUT2D eigenvalue weighted by Gasteiger charge is 2.10. The van der Waals surface area contributed by atoms with Crippen LogP contribution < -0.4 is 5.32 Å². The molecule has 0 aliphatic rings. The fourth-order valence-corrected chi connectivity index (χ4v) is 2.53. The van der Waals surface area contributed by atoms with Crippen molar-refractivity contribution in [3.8, 4) is 5.75 Å². The van der Waals surface area contributed by atoms with Gasteiger partial charge in [-0.1, -0.05) is 0 Å². The number of halogens is 3. The molecular formula is C13H8Br2INO2. The Hall–Kier alpha value is -0.600. The van der Waals surface area contributed by atoms with Crippen LogP contribution in [-0.2, 0) is 0 Å². The molecule has 2 rings (SSSR count). The Kier molecular flexibility index (Phi) is 4.86. The number of amides is 1. The van der Waals surface area contributed by atoms with Crippen LogP contribution in [0.5, 0.6) is 5.75 Å². The van der Waals surface area contributed by atoms with Crippen LogP contribution in [0.2, 0.25) is 0 Å². The Morgan fingerprint density at radius 3 is 2.47 bits per heavy atom. The molecule has 0 aliphatic carbocycles. The quantitative estimate of drug-likeness (QED) is 0.588. The third-order valence-electron chi connectivity index (χ3n) is 2.38. The fourth-order valence-electron chi connectivity index (χ4n) is 1.44. The van der Waals surface area contributed by atoms with E-state index in [0.717, 1.165) is 8.04 Å². The first-order valence-electron chi connectivity index (χ1n) is 5.22. The smallest absolute Gasteiger partial charge is 0.255 e. The average Bonchev–Trinajstić information content (AvgIpc) is 2.37. The summed E-state index contributed by atoms with van der Waals surface area (Å²) in [6, 6.07) is 10.4. The van der Waals surface area contributed by atoms with E-state index < -0.39 is 0 Å². The molecule has 2 aromatic carbocycles. The van der Waals surface area contributed by atoms with E-state index in [-0.39, 0.29) is 11.7 Å². The van der Waals surface area contributed by atoms with E-state index in [2.05, 4.69) is 59.8 Å². The summed E-state index contributed by atoms with van der Waals surface area (Å²) in [6.07, 6.45) is 0. The Bertz CT molecular complexity index is 647. The topological polar surface area (TPSA) is 49.3 Å². The largest absolute Gasteiger partial charge is 0.507 e. The highest BCUT2D eigenvalue weighted by atomic mass is 127. The Morgan fingerprint density at radius 2 is 1.79 bits per heavy atom. The second kappa shape index (κ2) is 6.23. The number of carbonyl (C=O) groups is 1. The number of hydrogen-bond acceptors (Lipinski definition) is 2. The van der Waals surface area contributed by atoms with Crippen molar-refractivity contribution in [1.29, 1.82) is 0 Å². The highest BCUT2D eigenvalue weighted by molar-refractivity contribution is 14.1. The molecule has 2 aromatic rings. The molecule has 0 aliphatic heterocycles. The molecule has 0 atom stereocenters. The summed E-state index contributed by atoms with van der Waals surface area (Å²) in [4.78, 5) is 12.1. The highest BCUT2D eigenvalue weighted by Crippen LogP contribution is 2.27. The molecule has 19 heavy (non-hydrogen) atoms. The zero-order valence-electron chi connectivity index (χ0n) is 9.45. The normalized spacial score (nSPS) is 10.3. The van der Waals surface area contributed by atoms with Gasteiger partial charge in [0.15, 0.2) is 0 Å². The van der Waals surface area contributed by atoms with Crippen LogP contribution in [0, 0.1) is 3.57 Å². The van der Waals surface area contributed by atoms with Gasteiger partial charge in [0.05, 0.1) is 10.2 Å². The molecule has 0 saturated heterocycles. The maximum absolute atomic E-state index is 12.1. The summed E-state index contributed by atoms with van der Waals surface area (Å²) in [6.45, 7) is 0. The number of rotatable bonds is 2. The zero-order chi connectivity index (χ0) is 14.0. The summed E-state index contributed by atoms with van der Waals surface area (Å²) in [5.74, 6) is -0.236. The van der Waals surface area contributed by atoms with Crippen molar-refractivity contribution in [2.75, 3.05) is 5.32 Å². The van der Waals surface area contributed by atoms with Crippen LogP contribution in [0.4, 0.5) is 5.69 Å². The van der Waals surface area contributed by atoms with Crippen molar-refractivity contribution in [3.05, 3.63) is 54.5 Å². The number of phenolic OH excluding ortho intramolecular Hbond substituents is 1. The standard InChI is InChI=1S/C13H8Br2INO2/c14-9-4-2-8(16)6-11(9)17-13(19)7-1-3-10(15)12(18)5-7/h1-6,18H,(H,17,19). The van der Waals surface area contributed by atoms with Gasteiger partial charge in [0, 0.05) is 13.6 Å². The van der Waals surface area contributed by atoms with Crippen LogP contribution >= 0.6 is 54.5 Å². The second-order valence-electron chi connectivity index (χ2n) is 3.74. The average molecular weight is 497 g/mol. The summed E-state index contributed by atoms with van der Waals surface area (Å²) >= 11 is 8.73. The number of anilines is 1.